The fraction of sp³-hybridized carbons (Fsp3) is 0.471. The first kappa shape index (κ1) is 16.8. The van der Waals surface area contributed by atoms with Gasteiger partial charge in [-0.2, -0.15) is 0 Å². The Morgan fingerprint density at radius 1 is 1.05 bits per heavy atom. The molecule has 1 aliphatic rings. The van der Waals surface area contributed by atoms with Gasteiger partial charge in [0.15, 0.2) is 5.78 Å². The summed E-state index contributed by atoms with van der Waals surface area (Å²) in [5.41, 5.74) is 0.853. The van der Waals surface area contributed by atoms with Gasteiger partial charge >= 0.3 is 7.12 Å². The molecule has 5 heteroatoms. The molecule has 4 nitrogen and oxygen atoms in total. The second-order valence-electron chi connectivity index (χ2n) is 6.85. The summed E-state index contributed by atoms with van der Waals surface area (Å²) in [5.74, 6) is -0.0193. The van der Waals surface area contributed by atoms with Crippen LogP contribution < -0.4 is 5.46 Å². The van der Waals surface area contributed by atoms with E-state index in [9.17, 15) is 4.79 Å². The molecular weight excluding hydrogens is 277 g/mol. The molecule has 1 aromatic carbocycles. The van der Waals surface area contributed by atoms with Crippen molar-refractivity contribution >= 4 is 18.4 Å². The quantitative estimate of drug-likeness (QED) is 0.486. The Hall–Kier alpha value is -1.59. The van der Waals surface area contributed by atoms with Crippen molar-refractivity contribution in [3.8, 4) is 0 Å². The van der Waals surface area contributed by atoms with E-state index >= 15 is 0 Å². The van der Waals surface area contributed by atoms with Gasteiger partial charge in [-0.1, -0.05) is 24.3 Å². The average Bonchev–Trinajstić information content (AvgIpc) is 2.65. The van der Waals surface area contributed by atoms with E-state index in [1.807, 2.05) is 71.0 Å². The van der Waals surface area contributed by atoms with E-state index in [4.69, 9.17) is 9.31 Å². The predicted molar refractivity (Wildman–Crippen MR) is 89.3 cm³/mol. The van der Waals surface area contributed by atoms with Crippen LogP contribution >= 0.6 is 0 Å². The smallest absolute Gasteiger partial charge is 0.399 e. The molecule has 0 aromatic heterocycles. The van der Waals surface area contributed by atoms with Crippen molar-refractivity contribution in [2.24, 2.45) is 0 Å². The van der Waals surface area contributed by atoms with E-state index in [0.29, 0.717) is 5.56 Å². The van der Waals surface area contributed by atoms with Crippen molar-refractivity contribution < 1.29 is 14.1 Å². The zero-order valence-electron chi connectivity index (χ0n) is 14.2. The van der Waals surface area contributed by atoms with Crippen LogP contribution in [0.3, 0.4) is 0 Å². The van der Waals surface area contributed by atoms with Crippen molar-refractivity contribution in [2.45, 2.75) is 38.9 Å². The number of carbonyl (C=O) groups is 1. The molecular formula is C17H24BNO3. The molecule has 1 fully saturated rings. The fourth-order valence-corrected chi connectivity index (χ4v) is 2.10. The Kier molecular flexibility index (Phi) is 4.50. The Balaban J connectivity index is 2.12. The van der Waals surface area contributed by atoms with E-state index in [-0.39, 0.29) is 17.0 Å². The van der Waals surface area contributed by atoms with Crippen molar-refractivity contribution in [1.29, 1.82) is 0 Å². The van der Waals surface area contributed by atoms with Crippen LogP contribution in [-0.2, 0) is 9.31 Å². The predicted octanol–water partition coefficient (Wildman–Crippen LogP) is 2.24. The molecule has 1 aliphatic heterocycles. The molecule has 2 rings (SSSR count). The van der Waals surface area contributed by atoms with Crippen LogP contribution in [0.15, 0.2) is 36.5 Å². The highest BCUT2D eigenvalue weighted by atomic mass is 16.7. The minimum absolute atomic E-state index is 0.0193. The molecule has 0 radical (unpaired) electrons. The SMILES string of the molecule is CN(C)/C=C/C(=O)c1ccc(B2OC(C)(C)C(C)(C)O2)cc1. The van der Waals surface area contributed by atoms with Gasteiger partial charge in [0.25, 0.3) is 0 Å². The zero-order chi connectivity index (χ0) is 16.5. The lowest BCUT2D eigenvalue weighted by atomic mass is 9.78. The highest BCUT2D eigenvalue weighted by Crippen LogP contribution is 2.36. The normalized spacial score (nSPS) is 19.6. The molecule has 0 spiro atoms. The highest BCUT2D eigenvalue weighted by molar-refractivity contribution is 6.62. The van der Waals surface area contributed by atoms with Crippen LogP contribution in [0.1, 0.15) is 38.1 Å². The summed E-state index contributed by atoms with van der Waals surface area (Å²) in [6.45, 7) is 8.10. The lowest BCUT2D eigenvalue weighted by Gasteiger charge is -2.32. The Morgan fingerprint density at radius 2 is 1.55 bits per heavy atom. The van der Waals surface area contributed by atoms with E-state index in [1.165, 1.54) is 0 Å². The van der Waals surface area contributed by atoms with Gasteiger partial charge in [-0.15, -0.1) is 0 Å². The molecule has 0 aliphatic carbocycles. The molecule has 0 bridgehead atoms. The van der Waals surface area contributed by atoms with E-state index in [2.05, 4.69) is 0 Å². The first-order chi connectivity index (χ1) is 10.1. The van der Waals surface area contributed by atoms with Gasteiger partial charge in [-0.25, -0.2) is 0 Å². The van der Waals surface area contributed by atoms with Gasteiger partial charge < -0.3 is 14.2 Å². The van der Waals surface area contributed by atoms with Gasteiger partial charge in [-0.3, -0.25) is 4.79 Å². The minimum Gasteiger partial charge on any atom is -0.399 e. The Labute approximate surface area is 133 Å². The minimum atomic E-state index is -0.397. The van der Waals surface area contributed by atoms with E-state index in [0.717, 1.165) is 5.46 Å². The molecule has 1 saturated heterocycles. The number of hydrogen-bond acceptors (Lipinski definition) is 4. The second-order valence-corrected chi connectivity index (χ2v) is 6.85. The molecule has 0 amide bonds. The van der Waals surface area contributed by atoms with E-state index in [1.54, 1.807) is 12.3 Å². The van der Waals surface area contributed by atoms with Crippen LogP contribution in [0.25, 0.3) is 0 Å². The molecule has 0 saturated carbocycles. The standard InChI is InChI=1S/C17H24BNO3/c1-16(2)17(3,4)22-18(21-16)14-9-7-13(8-10-14)15(20)11-12-19(5)6/h7-12H,1-6H3/b12-11+. The van der Waals surface area contributed by atoms with Gasteiger partial charge in [0.05, 0.1) is 11.2 Å². The Bertz CT molecular complexity index is 560. The van der Waals surface area contributed by atoms with Crippen molar-refractivity contribution in [3.63, 3.8) is 0 Å². The number of hydrogen-bond donors (Lipinski definition) is 0. The topological polar surface area (TPSA) is 38.8 Å². The van der Waals surface area contributed by atoms with Crippen molar-refractivity contribution in [3.05, 3.63) is 42.1 Å². The molecule has 0 unspecified atom stereocenters. The van der Waals surface area contributed by atoms with Crippen molar-refractivity contribution in [2.75, 3.05) is 14.1 Å². The maximum absolute atomic E-state index is 12.0. The van der Waals surface area contributed by atoms with Gasteiger partial charge in [0, 0.05) is 31.9 Å². The van der Waals surface area contributed by atoms with Crippen LogP contribution in [0.4, 0.5) is 0 Å². The van der Waals surface area contributed by atoms with Gasteiger partial charge in [0.1, 0.15) is 0 Å². The number of allylic oxidation sites excluding steroid dienone is 1. The van der Waals surface area contributed by atoms with E-state index < -0.39 is 7.12 Å². The summed E-state index contributed by atoms with van der Waals surface area (Å²) in [5, 5.41) is 0. The number of rotatable bonds is 4. The third-order valence-electron chi connectivity index (χ3n) is 4.24. The molecule has 0 N–H and O–H groups in total. The van der Waals surface area contributed by atoms with Crippen LogP contribution in [-0.4, -0.2) is 43.1 Å². The van der Waals surface area contributed by atoms with Gasteiger partial charge in [-0.05, 0) is 33.2 Å². The molecule has 22 heavy (non-hydrogen) atoms. The number of benzene rings is 1. The van der Waals surface area contributed by atoms with Crippen LogP contribution in [0.2, 0.25) is 0 Å². The lowest BCUT2D eigenvalue weighted by Crippen LogP contribution is -2.41. The molecule has 118 valence electrons. The molecule has 0 atom stereocenters. The van der Waals surface area contributed by atoms with Crippen LogP contribution in [0, 0.1) is 0 Å². The second kappa shape index (κ2) is 5.90. The maximum atomic E-state index is 12.0. The van der Waals surface area contributed by atoms with Crippen molar-refractivity contribution in [1.82, 2.24) is 4.90 Å². The third-order valence-corrected chi connectivity index (χ3v) is 4.24. The summed E-state index contributed by atoms with van der Waals surface area (Å²) in [6, 6.07) is 7.39. The summed E-state index contributed by atoms with van der Waals surface area (Å²) < 4.78 is 12.0. The summed E-state index contributed by atoms with van der Waals surface area (Å²) >= 11 is 0. The summed E-state index contributed by atoms with van der Waals surface area (Å²) in [7, 11) is 3.36. The maximum Gasteiger partial charge on any atom is 0.494 e. The average molecular weight is 301 g/mol. The first-order valence-corrected chi connectivity index (χ1v) is 7.47. The fourth-order valence-electron chi connectivity index (χ4n) is 2.10. The number of ketones is 1. The number of nitrogens with zero attached hydrogens (tertiary/aromatic N) is 1. The monoisotopic (exact) mass is 301 g/mol. The molecule has 1 aromatic rings. The van der Waals surface area contributed by atoms with Gasteiger partial charge in [0.2, 0.25) is 0 Å². The Morgan fingerprint density at radius 3 is 2.00 bits per heavy atom. The third kappa shape index (κ3) is 3.42. The number of carbonyl (C=O) groups excluding carboxylic acids is 1. The zero-order valence-corrected chi connectivity index (χ0v) is 14.2. The summed E-state index contributed by atoms with van der Waals surface area (Å²) in [4.78, 5) is 13.8. The summed E-state index contributed by atoms with van der Waals surface area (Å²) in [6.07, 6.45) is 3.30. The highest BCUT2D eigenvalue weighted by Gasteiger charge is 2.51. The molecule has 1 heterocycles. The largest absolute Gasteiger partial charge is 0.494 e. The van der Waals surface area contributed by atoms with Crippen LogP contribution in [0.5, 0.6) is 0 Å². The first-order valence-electron chi connectivity index (χ1n) is 7.47. The lowest BCUT2D eigenvalue weighted by molar-refractivity contribution is 0.00578.